The van der Waals surface area contributed by atoms with Gasteiger partial charge in [-0.25, -0.2) is 0 Å². The highest BCUT2D eigenvalue weighted by Gasteiger charge is 2.25. The van der Waals surface area contributed by atoms with Crippen LogP contribution in [0.2, 0.25) is 0 Å². The van der Waals surface area contributed by atoms with E-state index >= 15 is 0 Å². The molecule has 106 valence electrons. The minimum Gasteiger partial charge on any atom is -0.356 e. The highest BCUT2D eigenvalue weighted by atomic mass is 32.1. The first-order valence-corrected chi connectivity index (χ1v) is 8.18. The molecule has 0 spiro atoms. The molecule has 1 aliphatic carbocycles. The van der Waals surface area contributed by atoms with Gasteiger partial charge < -0.3 is 5.32 Å². The lowest BCUT2D eigenvalue weighted by Crippen LogP contribution is -2.02. The SMILES string of the molecule is CC(C)Cc1nnc(NCc2ccccc2C2CC2)s1. The first-order chi connectivity index (χ1) is 9.72. The average molecular weight is 287 g/mol. The maximum absolute atomic E-state index is 4.24. The minimum absolute atomic E-state index is 0.631. The molecular formula is C16H21N3S. The van der Waals surface area contributed by atoms with Gasteiger partial charge in [0.05, 0.1) is 0 Å². The highest BCUT2D eigenvalue weighted by Crippen LogP contribution is 2.41. The molecule has 20 heavy (non-hydrogen) atoms. The number of rotatable bonds is 6. The number of hydrogen-bond acceptors (Lipinski definition) is 4. The van der Waals surface area contributed by atoms with Crippen LogP contribution in [-0.4, -0.2) is 10.2 Å². The predicted octanol–water partition coefficient (Wildman–Crippen LogP) is 4.23. The van der Waals surface area contributed by atoms with Crippen LogP contribution < -0.4 is 5.32 Å². The number of nitrogens with zero attached hydrogens (tertiary/aromatic N) is 2. The van der Waals surface area contributed by atoms with Crippen molar-refractivity contribution in [1.29, 1.82) is 0 Å². The van der Waals surface area contributed by atoms with Gasteiger partial charge in [-0.3, -0.25) is 0 Å². The van der Waals surface area contributed by atoms with Crippen LogP contribution in [-0.2, 0) is 13.0 Å². The molecule has 0 unspecified atom stereocenters. The minimum atomic E-state index is 0.631. The second-order valence-corrected chi connectivity index (χ2v) is 6.99. The Hall–Kier alpha value is -1.42. The summed E-state index contributed by atoms with van der Waals surface area (Å²) < 4.78 is 0. The number of nitrogens with one attached hydrogen (secondary N) is 1. The summed E-state index contributed by atoms with van der Waals surface area (Å²) in [5.74, 6) is 1.42. The maximum atomic E-state index is 4.24. The lowest BCUT2D eigenvalue weighted by molar-refractivity contribution is 0.640. The normalized spacial score (nSPS) is 14.8. The molecule has 1 aliphatic rings. The van der Waals surface area contributed by atoms with Crippen molar-refractivity contribution in [1.82, 2.24) is 10.2 Å². The quantitative estimate of drug-likeness (QED) is 0.864. The molecule has 1 aromatic heterocycles. The van der Waals surface area contributed by atoms with E-state index in [4.69, 9.17) is 0 Å². The van der Waals surface area contributed by atoms with E-state index in [0.717, 1.165) is 29.0 Å². The fourth-order valence-corrected chi connectivity index (χ4v) is 3.36. The van der Waals surface area contributed by atoms with E-state index in [1.54, 1.807) is 11.3 Å². The molecule has 0 bridgehead atoms. The fraction of sp³-hybridized carbons (Fsp3) is 0.500. The Balaban J connectivity index is 1.63. The molecule has 0 atom stereocenters. The van der Waals surface area contributed by atoms with Gasteiger partial charge in [0, 0.05) is 13.0 Å². The van der Waals surface area contributed by atoms with Gasteiger partial charge in [0.25, 0.3) is 0 Å². The summed E-state index contributed by atoms with van der Waals surface area (Å²) in [6.07, 6.45) is 3.70. The van der Waals surface area contributed by atoms with Gasteiger partial charge in [-0.1, -0.05) is 49.4 Å². The van der Waals surface area contributed by atoms with Crippen LogP contribution in [0.3, 0.4) is 0 Å². The van der Waals surface area contributed by atoms with Gasteiger partial charge in [-0.2, -0.15) is 0 Å². The zero-order valence-corrected chi connectivity index (χ0v) is 12.9. The van der Waals surface area contributed by atoms with Gasteiger partial charge in [-0.05, 0) is 35.8 Å². The summed E-state index contributed by atoms with van der Waals surface area (Å²) in [6.45, 7) is 5.27. The molecule has 1 saturated carbocycles. The predicted molar refractivity (Wildman–Crippen MR) is 84.2 cm³/mol. The van der Waals surface area contributed by atoms with E-state index in [1.807, 2.05) is 0 Å². The number of aromatic nitrogens is 2. The number of anilines is 1. The Morgan fingerprint density at radius 2 is 2.05 bits per heavy atom. The summed E-state index contributed by atoms with van der Waals surface area (Å²) in [6, 6.07) is 8.74. The molecule has 1 N–H and O–H groups in total. The summed E-state index contributed by atoms with van der Waals surface area (Å²) >= 11 is 1.68. The Morgan fingerprint density at radius 1 is 1.25 bits per heavy atom. The zero-order chi connectivity index (χ0) is 13.9. The number of hydrogen-bond donors (Lipinski definition) is 1. The fourth-order valence-electron chi connectivity index (χ4n) is 2.42. The highest BCUT2D eigenvalue weighted by molar-refractivity contribution is 7.15. The molecule has 4 heteroatoms. The first-order valence-electron chi connectivity index (χ1n) is 7.36. The summed E-state index contributed by atoms with van der Waals surface area (Å²) in [5.41, 5.74) is 2.91. The molecule has 1 fully saturated rings. The van der Waals surface area contributed by atoms with Gasteiger partial charge in [-0.15, -0.1) is 10.2 Å². The standard InChI is InChI=1S/C16H21N3S/c1-11(2)9-15-18-19-16(20-15)17-10-13-5-3-4-6-14(13)12-7-8-12/h3-6,11-12H,7-10H2,1-2H3,(H,17,19). The molecule has 0 saturated heterocycles. The second-order valence-electron chi connectivity index (χ2n) is 5.93. The zero-order valence-electron chi connectivity index (χ0n) is 12.1. The third-order valence-electron chi connectivity index (χ3n) is 3.55. The Kier molecular flexibility index (Phi) is 4.01. The molecule has 1 aromatic carbocycles. The Morgan fingerprint density at radius 3 is 2.80 bits per heavy atom. The first kappa shape index (κ1) is 13.6. The summed E-state index contributed by atoms with van der Waals surface area (Å²) in [4.78, 5) is 0. The van der Waals surface area contributed by atoms with Crippen LogP contribution in [0.25, 0.3) is 0 Å². The smallest absolute Gasteiger partial charge is 0.205 e. The van der Waals surface area contributed by atoms with Crippen molar-refractivity contribution in [2.75, 3.05) is 5.32 Å². The van der Waals surface area contributed by atoms with E-state index in [1.165, 1.54) is 24.0 Å². The van der Waals surface area contributed by atoms with Crippen molar-refractivity contribution in [3.05, 3.63) is 40.4 Å². The van der Waals surface area contributed by atoms with Crippen LogP contribution in [0.15, 0.2) is 24.3 Å². The van der Waals surface area contributed by atoms with E-state index in [0.29, 0.717) is 5.92 Å². The maximum Gasteiger partial charge on any atom is 0.205 e. The van der Waals surface area contributed by atoms with Crippen molar-refractivity contribution in [3.63, 3.8) is 0 Å². The molecule has 0 amide bonds. The summed E-state index contributed by atoms with van der Waals surface area (Å²) in [7, 11) is 0. The van der Waals surface area contributed by atoms with Gasteiger partial charge >= 0.3 is 0 Å². The summed E-state index contributed by atoms with van der Waals surface area (Å²) in [5, 5.41) is 14.0. The molecule has 3 rings (SSSR count). The molecular weight excluding hydrogens is 266 g/mol. The Labute approximate surface area is 124 Å². The second kappa shape index (κ2) is 5.92. The van der Waals surface area contributed by atoms with Crippen LogP contribution in [0.1, 0.15) is 48.7 Å². The van der Waals surface area contributed by atoms with Crippen molar-refractivity contribution >= 4 is 16.5 Å². The monoisotopic (exact) mass is 287 g/mol. The topological polar surface area (TPSA) is 37.8 Å². The van der Waals surface area contributed by atoms with Crippen LogP contribution >= 0.6 is 11.3 Å². The molecule has 0 aliphatic heterocycles. The lowest BCUT2D eigenvalue weighted by atomic mass is 10.0. The van der Waals surface area contributed by atoms with Crippen molar-refractivity contribution < 1.29 is 0 Å². The van der Waals surface area contributed by atoms with Crippen LogP contribution in [0.5, 0.6) is 0 Å². The average Bonchev–Trinajstić information content (AvgIpc) is 3.18. The van der Waals surface area contributed by atoms with Crippen molar-refractivity contribution in [2.24, 2.45) is 5.92 Å². The van der Waals surface area contributed by atoms with E-state index in [9.17, 15) is 0 Å². The molecule has 2 aromatic rings. The van der Waals surface area contributed by atoms with E-state index in [-0.39, 0.29) is 0 Å². The number of benzene rings is 1. The van der Waals surface area contributed by atoms with Crippen LogP contribution in [0, 0.1) is 5.92 Å². The molecule has 1 heterocycles. The van der Waals surface area contributed by atoms with E-state index in [2.05, 4.69) is 53.6 Å². The van der Waals surface area contributed by atoms with Gasteiger partial charge in [0.1, 0.15) is 5.01 Å². The molecule has 0 radical (unpaired) electrons. The van der Waals surface area contributed by atoms with Crippen molar-refractivity contribution in [2.45, 2.75) is 45.6 Å². The van der Waals surface area contributed by atoms with Gasteiger partial charge in [0.15, 0.2) is 0 Å². The van der Waals surface area contributed by atoms with Crippen LogP contribution in [0.4, 0.5) is 5.13 Å². The van der Waals surface area contributed by atoms with Gasteiger partial charge in [0.2, 0.25) is 5.13 Å². The third kappa shape index (κ3) is 3.37. The largest absolute Gasteiger partial charge is 0.356 e. The van der Waals surface area contributed by atoms with E-state index < -0.39 is 0 Å². The lowest BCUT2D eigenvalue weighted by Gasteiger charge is -2.08. The molecule has 3 nitrogen and oxygen atoms in total. The Bertz CT molecular complexity index is 573. The van der Waals surface area contributed by atoms with Crippen molar-refractivity contribution in [3.8, 4) is 0 Å². The third-order valence-corrected chi connectivity index (χ3v) is 4.46.